The fraction of sp³-hybridized carbons (Fsp3) is 0.400. The van der Waals surface area contributed by atoms with Gasteiger partial charge in [-0.05, 0) is 13.8 Å². The molecule has 15 heavy (non-hydrogen) atoms. The second-order valence-corrected chi connectivity index (χ2v) is 5.26. The average Bonchev–Trinajstić information content (AvgIpc) is 2.84. The number of rotatable bonds is 4. The number of thiazole rings is 2. The van der Waals surface area contributed by atoms with Gasteiger partial charge in [-0.25, -0.2) is 4.98 Å². The molecule has 1 atom stereocenters. The molecule has 0 fully saturated rings. The van der Waals surface area contributed by atoms with Crippen LogP contribution in [0.5, 0.6) is 0 Å². The summed E-state index contributed by atoms with van der Waals surface area (Å²) in [7, 11) is 0. The molecular weight excluding hydrogens is 226 g/mol. The Kier molecular flexibility index (Phi) is 3.45. The van der Waals surface area contributed by atoms with Gasteiger partial charge in [-0.15, -0.1) is 22.7 Å². The van der Waals surface area contributed by atoms with Gasteiger partial charge in [-0.1, -0.05) is 0 Å². The molecule has 2 heterocycles. The molecule has 0 aliphatic carbocycles. The molecule has 0 radical (unpaired) electrons. The summed E-state index contributed by atoms with van der Waals surface area (Å²) in [5, 5.41) is 6.67. The van der Waals surface area contributed by atoms with Crippen molar-refractivity contribution in [3.05, 3.63) is 32.7 Å². The Hall–Kier alpha value is -0.780. The number of aromatic nitrogens is 2. The molecular formula is C10H13N3S2. The lowest BCUT2D eigenvalue weighted by Crippen LogP contribution is -2.17. The van der Waals surface area contributed by atoms with Crippen LogP contribution < -0.4 is 5.32 Å². The summed E-state index contributed by atoms with van der Waals surface area (Å²) < 4.78 is 0. The fourth-order valence-corrected chi connectivity index (χ4v) is 2.62. The van der Waals surface area contributed by atoms with Crippen LogP contribution >= 0.6 is 22.7 Å². The monoisotopic (exact) mass is 239 g/mol. The summed E-state index contributed by atoms with van der Waals surface area (Å²) in [5.41, 5.74) is 2.95. The van der Waals surface area contributed by atoms with Crippen molar-refractivity contribution in [2.45, 2.75) is 26.4 Å². The van der Waals surface area contributed by atoms with Gasteiger partial charge in [0.1, 0.15) is 5.01 Å². The smallest absolute Gasteiger partial charge is 0.110 e. The van der Waals surface area contributed by atoms with Crippen molar-refractivity contribution in [2.24, 2.45) is 0 Å². The van der Waals surface area contributed by atoms with E-state index in [1.54, 1.807) is 22.7 Å². The predicted octanol–water partition coefficient (Wildman–Crippen LogP) is 2.76. The topological polar surface area (TPSA) is 37.8 Å². The summed E-state index contributed by atoms with van der Waals surface area (Å²) in [4.78, 5) is 9.76. The summed E-state index contributed by atoms with van der Waals surface area (Å²) >= 11 is 3.38. The van der Waals surface area contributed by atoms with Crippen molar-refractivity contribution in [1.29, 1.82) is 0 Å². The Morgan fingerprint density at radius 3 is 2.93 bits per heavy atom. The van der Waals surface area contributed by atoms with Crippen molar-refractivity contribution < 1.29 is 0 Å². The van der Waals surface area contributed by atoms with E-state index in [1.165, 1.54) is 4.88 Å². The van der Waals surface area contributed by atoms with Crippen LogP contribution in [0.2, 0.25) is 0 Å². The van der Waals surface area contributed by atoms with Gasteiger partial charge in [0, 0.05) is 28.7 Å². The Balaban J connectivity index is 1.90. The Morgan fingerprint density at radius 1 is 1.47 bits per heavy atom. The zero-order valence-corrected chi connectivity index (χ0v) is 10.4. The molecule has 1 unspecified atom stereocenters. The first-order valence-corrected chi connectivity index (χ1v) is 6.54. The predicted molar refractivity (Wildman–Crippen MR) is 64.2 cm³/mol. The van der Waals surface area contributed by atoms with Crippen molar-refractivity contribution >= 4 is 22.7 Å². The third-order valence-corrected chi connectivity index (χ3v) is 4.00. The molecule has 3 nitrogen and oxygen atoms in total. The molecule has 0 saturated heterocycles. The number of hydrogen-bond donors (Lipinski definition) is 1. The molecule has 2 rings (SSSR count). The maximum Gasteiger partial charge on any atom is 0.110 e. The Morgan fingerprint density at radius 2 is 2.33 bits per heavy atom. The van der Waals surface area contributed by atoms with E-state index in [-0.39, 0.29) is 0 Å². The highest BCUT2D eigenvalue weighted by atomic mass is 32.1. The molecule has 0 amide bonds. The van der Waals surface area contributed by atoms with Crippen LogP contribution in [-0.4, -0.2) is 9.97 Å². The van der Waals surface area contributed by atoms with Gasteiger partial charge in [0.25, 0.3) is 0 Å². The average molecular weight is 239 g/mol. The van der Waals surface area contributed by atoms with E-state index >= 15 is 0 Å². The van der Waals surface area contributed by atoms with Crippen LogP contribution in [-0.2, 0) is 6.54 Å². The van der Waals surface area contributed by atoms with Crippen molar-refractivity contribution in [3.63, 3.8) is 0 Å². The second kappa shape index (κ2) is 4.83. The molecule has 80 valence electrons. The zero-order valence-electron chi connectivity index (χ0n) is 8.73. The van der Waals surface area contributed by atoms with Crippen LogP contribution in [0.1, 0.15) is 28.5 Å². The van der Waals surface area contributed by atoms with Crippen LogP contribution in [0.3, 0.4) is 0 Å². The maximum absolute atomic E-state index is 4.45. The number of hydrogen-bond acceptors (Lipinski definition) is 5. The Labute approximate surface area is 97.2 Å². The second-order valence-electron chi connectivity index (χ2n) is 3.40. The highest BCUT2D eigenvalue weighted by Gasteiger charge is 2.08. The minimum Gasteiger partial charge on any atom is -0.303 e. The van der Waals surface area contributed by atoms with Crippen molar-refractivity contribution in [2.75, 3.05) is 0 Å². The van der Waals surface area contributed by atoms with Gasteiger partial charge in [0.05, 0.1) is 11.6 Å². The van der Waals surface area contributed by atoms with E-state index in [0.717, 1.165) is 17.2 Å². The lowest BCUT2D eigenvalue weighted by Gasteiger charge is -2.09. The van der Waals surface area contributed by atoms with Crippen LogP contribution in [0.25, 0.3) is 0 Å². The molecule has 0 spiro atoms. The summed E-state index contributed by atoms with van der Waals surface area (Å²) in [6, 6.07) is 0.311. The molecule has 0 saturated carbocycles. The fourth-order valence-electron chi connectivity index (χ4n) is 1.24. The van der Waals surface area contributed by atoms with Gasteiger partial charge in [0.2, 0.25) is 0 Å². The third-order valence-electron chi connectivity index (χ3n) is 2.07. The SMILES string of the molecule is Cc1csc(C(C)NCc2cncs2)n1. The van der Waals surface area contributed by atoms with Crippen molar-refractivity contribution in [1.82, 2.24) is 15.3 Å². The largest absolute Gasteiger partial charge is 0.303 e. The zero-order chi connectivity index (χ0) is 10.7. The molecule has 0 aliphatic heterocycles. The quantitative estimate of drug-likeness (QED) is 0.891. The molecule has 0 aliphatic rings. The van der Waals surface area contributed by atoms with E-state index in [0.29, 0.717) is 6.04 Å². The highest BCUT2D eigenvalue weighted by Crippen LogP contribution is 2.18. The normalized spacial score (nSPS) is 12.9. The van der Waals surface area contributed by atoms with Gasteiger partial charge in [-0.3, -0.25) is 4.98 Å². The van der Waals surface area contributed by atoms with Crippen LogP contribution in [0, 0.1) is 6.92 Å². The first-order valence-electron chi connectivity index (χ1n) is 4.78. The minimum absolute atomic E-state index is 0.311. The Bertz CT molecular complexity index is 408. The van der Waals surface area contributed by atoms with Crippen LogP contribution in [0.4, 0.5) is 0 Å². The lowest BCUT2D eigenvalue weighted by molar-refractivity contribution is 0.574. The first-order chi connectivity index (χ1) is 7.25. The van der Waals surface area contributed by atoms with E-state index < -0.39 is 0 Å². The number of aryl methyl sites for hydroxylation is 1. The van der Waals surface area contributed by atoms with Gasteiger partial charge >= 0.3 is 0 Å². The maximum atomic E-state index is 4.45. The van der Waals surface area contributed by atoms with Gasteiger partial charge < -0.3 is 5.32 Å². The standard InChI is InChI=1S/C10H13N3S2/c1-7-5-14-10(13-7)8(2)12-4-9-3-11-6-15-9/h3,5-6,8,12H,4H2,1-2H3. The summed E-state index contributed by atoms with van der Waals surface area (Å²) in [5.74, 6) is 0. The summed E-state index contributed by atoms with van der Waals surface area (Å²) in [6.07, 6.45) is 1.90. The highest BCUT2D eigenvalue weighted by molar-refractivity contribution is 7.10. The number of nitrogens with one attached hydrogen (secondary N) is 1. The first kappa shape index (κ1) is 10.7. The van der Waals surface area contributed by atoms with Gasteiger partial charge in [-0.2, -0.15) is 0 Å². The van der Waals surface area contributed by atoms with E-state index in [4.69, 9.17) is 0 Å². The van der Waals surface area contributed by atoms with Crippen molar-refractivity contribution in [3.8, 4) is 0 Å². The molecule has 2 aromatic heterocycles. The van der Waals surface area contributed by atoms with E-state index in [9.17, 15) is 0 Å². The molecule has 5 heteroatoms. The third kappa shape index (κ3) is 2.84. The molecule has 1 N–H and O–H groups in total. The summed E-state index contributed by atoms with van der Waals surface area (Å²) in [6.45, 7) is 5.03. The molecule has 0 bridgehead atoms. The number of nitrogens with zero attached hydrogens (tertiary/aromatic N) is 2. The van der Waals surface area contributed by atoms with Gasteiger partial charge in [0.15, 0.2) is 0 Å². The van der Waals surface area contributed by atoms with E-state index in [2.05, 4.69) is 27.6 Å². The van der Waals surface area contributed by atoms with E-state index in [1.807, 2.05) is 18.6 Å². The van der Waals surface area contributed by atoms with Crippen LogP contribution in [0.15, 0.2) is 17.1 Å². The molecule has 2 aromatic rings. The lowest BCUT2D eigenvalue weighted by atomic mass is 10.3. The molecule has 0 aromatic carbocycles. The minimum atomic E-state index is 0.311.